The third-order valence-corrected chi connectivity index (χ3v) is 9.44. The Kier molecular flexibility index (Phi) is 5.50. The van der Waals surface area contributed by atoms with Crippen LogP contribution in [0, 0.1) is 45.8 Å². The molecule has 0 amide bonds. The number of nitrogens with zero attached hydrogens (tertiary/aromatic N) is 3. The summed E-state index contributed by atoms with van der Waals surface area (Å²) in [5, 5.41) is 14.9. The molecule has 1 N–H and O–H groups in total. The lowest BCUT2D eigenvalue weighted by Gasteiger charge is -2.58. The van der Waals surface area contributed by atoms with Gasteiger partial charge in [0.25, 0.3) is 0 Å². The molecule has 7 heteroatoms. The van der Waals surface area contributed by atoms with Crippen LogP contribution < -0.4 is 0 Å². The highest BCUT2D eigenvalue weighted by Crippen LogP contribution is 2.82. The molecule has 0 aliphatic heterocycles. The summed E-state index contributed by atoms with van der Waals surface area (Å²) in [5.74, 6) is -0.600. The standard InChI is InChI=1S/C24H35N3O4/c1-5-6-7-31-13-23-11-17-15(4)20(26-27-25)9-19(17)22(12-28)10-16(23)8-18(14(2)3)24(22,23)21(29)30/h8,12,14-17,19-20H,5-7,9-11,13H2,1-4H3,(H,29,30)/t15-,16+,17?,19?,20+,22-,23?,24+/m0/s1. The number of azide groups is 1. The Bertz CT molecular complexity index is 850. The van der Waals surface area contributed by atoms with Crippen molar-refractivity contribution >= 4 is 12.3 Å². The lowest BCUT2D eigenvalue weighted by molar-refractivity contribution is -0.186. The number of carbonyl (C=O) groups is 2. The van der Waals surface area contributed by atoms with E-state index in [2.05, 4.69) is 29.9 Å². The number of hydrogen-bond acceptors (Lipinski definition) is 4. The molecule has 0 spiro atoms. The summed E-state index contributed by atoms with van der Waals surface area (Å²) in [4.78, 5) is 29.4. The Labute approximate surface area is 184 Å². The van der Waals surface area contributed by atoms with Crippen LogP contribution in [0.2, 0.25) is 0 Å². The molecule has 3 fully saturated rings. The third kappa shape index (κ3) is 2.53. The number of rotatable bonds is 9. The maximum Gasteiger partial charge on any atom is 0.315 e. The summed E-state index contributed by atoms with van der Waals surface area (Å²) >= 11 is 0. The Morgan fingerprint density at radius 1 is 1.45 bits per heavy atom. The van der Waals surface area contributed by atoms with Crippen molar-refractivity contribution in [1.82, 2.24) is 0 Å². The number of carboxylic acids is 1. The fourth-order valence-corrected chi connectivity index (χ4v) is 8.33. The highest BCUT2D eigenvalue weighted by Gasteiger charge is 2.84. The molecule has 0 aromatic carbocycles. The summed E-state index contributed by atoms with van der Waals surface area (Å²) in [6.45, 7) is 9.26. The molecule has 170 valence electrons. The van der Waals surface area contributed by atoms with E-state index in [0.29, 0.717) is 32.5 Å². The maximum absolute atomic E-state index is 13.3. The second-order valence-corrected chi connectivity index (χ2v) is 10.7. The zero-order chi connectivity index (χ0) is 22.6. The summed E-state index contributed by atoms with van der Waals surface area (Å²) in [7, 11) is 0. The highest BCUT2D eigenvalue weighted by molar-refractivity contribution is 5.90. The van der Waals surface area contributed by atoms with E-state index >= 15 is 0 Å². The Hall–Kier alpha value is -1.85. The summed E-state index contributed by atoms with van der Waals surface area (Å²) in [6.07, 6.45) is 6.98. The number of hydrogen-bond donors (Lipinski definition) is 1. The summed E-state index contributed by atoms with van der Waals surface area (Å²) < 4.78 is 6.17. The molecule has 4 aliphatic rings. The van der Waals surface area contributed by atoms with Gasteiger partial charge >= 0.3 is 5.97 Å². The molecule has 4 bridgehead atoms. The van der Waals surface area contributed by atoms with Crippen LogP contribution in [0.1, 0.15) is 59.8 Å². The van der Waals surface area contributed by atoms with Gasteiger partial charge in [-0.25, -0.2) is 0 Å². The van der Waals surface area contributed by atoms with E-state index in [1.807, 2.05) is 13.8 Å². The lowest BCUT2D eigenvalue weighted by atomic mass is 9.43. The number of carboxylic acid groups (broad SMARTS) is 1. The highest BCUT2D eigenvalue weighted by atomic mass is 16.5. The molecule has 0 heterocycles. The molecule has 4 rings (SSSR count). The van der Waals surface area contributed by atoms with Crippen LogP contribution in [-0.4, -0.2) is 36.6 Å². The first kappa shape index (κ1) is 22.3. The van der Waals surface area contributed by atoms with Crippen molar-refractivity contribution in [2.24, 2.45) is 50.9 Å². The van der Waals surface area contributed by atoms with Crippen LogP contribution in [0.4, 0.5) is 0 Å². The van der Waals surface area contributed by atoms with Gasteiger partial charge in [-0.15, -0.1) is 0 Å². The molecule has 0 saturated heterocycles. The van der Waals surface area contributed by atoms with E-state index < -0.39 is 22.2 Å². The number of fused-ring (bicyclic) bond motifs is 2. The monoisotopic (exact) mass is 429 g/mol. The number of aldehydes is 1. The Morgan fingerprint density at radius 3 is 2.77 bits per heavy atom. The average Bonchev–Trinajstić information content (AvgIpc) is 3.26. The van der Waals surface area contributed by atoms with E-state index in [0.717, 1.165) is 24.7 Å². The minimum Gasteiger partial charge on any atom is -0.481 e. The predicted molar refractivity (Wildman–Crippen MR) is 116 cm³/mol. The molecule has 0 radical (unpaired) electrons. The minimum absolute atomic E-state index is 0.0311. The normalized spacial score (nSPS) is 44.7. The van der Waals surface area contributed by atoms with Crippen LogP contribution in [0.15, 0.2) is 16.8 Å². The van der Waals surface area contributed by atoms with E-state index in [4.69, 9.17) is 10.3 Å². The van der Waals surface area contributed by atoms with E-state index in [9.17, 15) is 14.7 Å². The van der Waals surface area contributed by atoms with Crippen LogP contribution in [0.3, 0.4) is 0 Å². The van der Waals surface area contributed by atoms with Gasteiger partial charge in [-0.1, -0.05) is 50.9 Å². The van der Waals surface area contributed by atoms with Crippen LogP contribution in [-0.2, 0) is 14.3 Å². The topological polar surface area (TPSA) is 112 Å². The molecular formula is C24H35N3O4. The number of unbranched alkanes of at least 4 members (excludes halogenated alkanes) is 1. The van der Waals surface area contributed by atoms with E-state index in [-0.39, 0.29) is 35.6 Å². The Balaban J connectivity index is 1.89. The van der Waals surface area contributed by atoms with Crippen molar-refractivity contribution in [3.8, 4) is 0 Å². The van der Waals surface area contributed by atoms with Crippen molar-refractivity contribution in [3.63, 3.8) is 0 Å². The van der Waals surface area contributed by atoms with Crippen molar-refractivity contribution in [2.75, 3.05) is 13.2 Å². The number of aliphatic carboxylic acids is 1. The molecular weight excluding hydrogens is 394 g/mol. The second-order valence-electron chi connectivity index (χ2n) is 10.7. The molecule has 31 heavy (non-hydrogen) atoms. The quantitative estimate of drug-likeness (QED) is 0.138. The average molecular weight is 430 g/mol. The number of carbonyl (C=O) groups excluding carboxylic acids is 1. The van der Waals surface area contributed by atoms with Gasteiger partial charge in [0.15, 0.2) is 0 Å². The fourth-order valence-electron chi connectivity index (χ4n) is 8.33. The largest absolute Gasteiger partial charge is 0.481 e. The maximum atomic E-state index is 13.3. The molecule has 4 aliphatic carbocycles. The third-order valence-electron chi connectivity index (χ3n) is 9.44. The second kappa shape index (κ2) is 7.63. The van der Waals surface area contributed by atoms with E-state index in [1.54, 1.807) is 0 Å². The smallest absolute Gasteiger partial charge is 0.315 e. The number of ether oxygens (including phenoxy) is 1. The van der Waals surface area contributed by atoms with Gasteiger partial charge in [0.2, 0.25) is 0 Å². The van der Waals surface area contributed by atoms with Crippen molar-refractivity contribution < 1.29 is 19.4 Å². The predicted octanol–water partition coefficient (Wildman–Crippen LogP) is 5.02. The van der Waals surface area contributed by atoms with Gasteiger partial charge in [0, 0.05) is 23.0 Å². The van der Waals surface area contributed by atoms with Gasteiger partial charge in [0.05, 0.1) is 12.0 Å². The molecule has 8 atom stereocenters. The first-order chi connectivity index (χ1) is 14.8. The van der Waals surface area contributed by atoms with Crippen LogP contribution in [0.25, 0.3) is 10.4 Å². The molecule has 7 nitrogen and oxygen atoms in total. The van der Waals surface area contributed by atoms with Gasteiger partial charge < -0.3 is 14.6 Å². The van der Waals surface area contributed by atoms with Crippen molar-refractivity contribution in [2.45, 2.75) is 65.8 Å². The molecule has 3 saturated carbocycles. The van der Waals surface area contributed by atoms with Crippen LogP contribution >= 0.6 is 0 Å². The van der Waals surface area contributed by atoms with Gasteiger partial charge in [-0.2, -0.15) is 0 Å². The Morgan fingerprint density at radius 2 is 2.19 bits per heavy atom. The van der Waals surface area contributed by atoms with Gasteiger partial charge in [-0.05, 0) is 60.8 Å². The lowest BCUT2D eigenvalue weighted by Crippen LogP contribution is -2.63. The zero-order valence-corrected chi connectivity index (χ0v) is 19.1. The van der Waals surface area contributed by atoms with Crippen LogP contribution in [0.5, 0.6) is 0 Å². The first-order valence-corrected chi connectivity index (χ1v) is 11.8. The van der Waals surface area contributed by atoms with Gasteiger partial charge in [-0.3, -0.25) is 4.79 Å². The minimum atomic E-state index is -1.24. The molecule has 0 aromatic rings. The van der Waals surface area contributed by atoms with Gasteiger partial charge in [0.1, 0.15) is 11.7 Å². The first-order valence-electron chi connectivity index (χ1n) is 11.8. The van der Waals surface area contributed by atoms with Crippen molar-refractivity contribution in [1.29, 1.82) is 0 Å². The van der Waals surface area contributed by atoms with E-state index in [1.165, 1.54) is 0 Å². The van der Waals surface area contributed by atoms with Crippen molar-refractivity contribution in [3.05, 3.63) is 22.1 Å². The SMILES string of the molecule is CCCCOCC12CC3C(C[C@@H](N=[N+]=[N-])[C@H]3C)[C@@]3(C=O)C[C@H]1C=C(C(C)C)[C@]23C(=O)O. The molecule has 0 aromatic heterocycles. The zero-order valence-electron chi connectivity index (χ0n) is 19.1. The summed E-state index contributed by atoms with van der Waals surface area (Å²) in [6, 6.07) is -0.190. The summed E-state index contributed by atoms with van der Waals surface area (Å²) in [5.41, 5.74) is 7.15. The fraction of sp³-hybridized carbons (Fsp3) is 0.833. The number of allylic oxidation sites excluding steroid dienone is 1. The molecule has 3 unspecified atom stereocenters.